The van der Waals surface area contributed by atoms with E-state index in [4.69, 9.17) is 18.6 Å². The van der Waals surface area contributed by atoms with E-state index in [1.165, 1.54) is 13.4 Å². The number of aldehydes is 1. The van der Waals surface area contributed by atoms with Crippen molar-refractivity contribution in [1.82, 2.24) is 4.98 Å². The summed E-state index contributed by atoms with van der Waals surface area (Å²) < 4.78 is 46.9. The molecule has 0 unspecified atom stereocenters. The minimum Gasteiger partial charge on any atom is -0.493 e. The van der Waals surface area contributed by atoms with Crippen LogP contribution in [0.1, 0.15) is 18.9 Å². The zero-order valence-electron chi connectivity index (χ0n) is 17.3. The van der Waals surface area contributed by atoms with Crippen LogP contribution in [-0.2, 0) is 11.2 Å². The van der Waals surface area contributed by atoms with Crippen LogP contribution in [0.4, 0.5) is 8.78 Å². The first-order valence-corrected chi connectivity index (χ1v) is 9.81. The SMILES string of the molecule is CCOc1c(CCC=O)cccc1-c1coc(-c2ccc(OC)c(OCC(F)F)c2)n1. The molecule has 0 atom stereocenters. The van der Waals surface area contributed by atoms with Crippen molar-refractivity contribution >= 4 is 6.29 Å². The van der Waals surface area contributed by atoms with Gasteiger partial charge in [0.15, 0.2) is 11.5 Å². The fourth-order valence-electron chi connectivity index (χ4n) is 3.12. The topological polar surface area (TPSA) is 70.8 Å². The second-order valence-corrected chi connectivity index (χ2v) is 6.54. The van der Waals surface area contributed by atoms with Crippen LogP contribution in [0.5, 0.6) is 17.2 Å². The number of para-hydroxylation sites is 1. The molecule has 0 saturated heterocycles. The molecule has 3 aromatic rings. The molecule has 164 valence electrons. The summed E-state index contributed by atoms with van der Waals surface area (Å²) in [7, 11) is 1.43. The fourth-order valence-corrected chi connectivity index (χ4v) is 3.12. The predicted octanol–water partition coefficient (Wildman–Crippen LogP) is 5.19. The maximum absolute atomic E-state index is 12.6. The Morgan fingerprint density at radius 3 is 2.71 bits per heavy atom. The minimum absolute atomic E-state index is 0.172. The predicted molar refractivity (Wildman–Crippen MR) is 111 cm³/mol. The second-order valence-electron chi connectivity index (χ2n) is 6.54. The normalized spacial score (nSPS) is 10.9. The van der Waals surface area contributed by atoms with E-state index < -0.39 is 13.0 Å². The van der Waals surface area contributed by atoms with Gasteiger partial charge in [0.05, 0.1) is 13.7 Å². The standard InChI is InChI=1S/C23H23F2NO5/c1-3-29-22-15(7-5-11-27)6-4-8-17(22)18-13-31-23(26-18)16-9-10-19(28-2)20(12-16)30-14-21(24)25/h4,6,8-13,21H,3,5,7,14H2,1-2H3. The summed E-state index contributed by atoms with van der Waals surface area (Å²) >= 11 is 0. The molecule has 0 aliphatic carbocycles. The number of carbonyl (C=O) groups is 1. The molecule has 0 saturated carbocycles. The maximum Gasteiger partial charge on any atom is 0.272 e. The lowest BCUT2D eigenvalue weighted by atomic mass is 10.0. The smallest absolute Gasteiger partial charge is 0.272 e. The number of ether oxygens (including phenoxy) is 3. The molecule has 0 amide bonds. The first kappa shape index (κ1) is 22.3. The molecule has 6 nitrogen and oxygen atoms in total. The van der Waals surface area contributed by atoms with Gasteiger partial charge in [-0.05, 0) is 43.2 Å². The van der Waals surface area contributed by atoms with E-state index in [2.05, 4.69) is 4.98 Å². The fraction of sp³-hybridized carbons (Fsp3) is 0.304. The van der Waals surface area contributed by atoms with Gasteiger partial charge in [-0.1, -0.05) is 12.1 Å². The molecule has 8 heteroatoms. The molecule has 31 heavy (non-hydrogen) atoms. The van der Waals surface area contributed by atoms with E-state index in [0.717, 1.165) is 17.4 Å². The van der Waals surface area contributed by atoms with Crippen molar-refractivity contribution in [2.45, 2.75) is 26.2 Å². The van der Waals surface area contributed by atoms with E-state index in [1.807, 2.05) is 25.1 Å². The number of benzene rings is 2. The Morgan fingerprint density at radius 2 is 2.00 bits per heavy atom. The lowest BCUT2D eigenvalue weighted by molar-refractivity contribution is -0.107. The van der Waals surface area contributed by atoms with Crippen LogP contribution in [0.3, 0.4) is 0 Å². The van der Waals surface area contributed by atoms with Crippen LogP contribution < -0.4 is 14.2 Å². The van der Waals surface area contributed by atoms with Gasteiger partial charge in [0.25, 0.3) is 6.43 Å². The third kappa shape index (κ3) is 5.39. The lowest BCUT2D eigenvalue weighted by Gasteiger charge is -2.13. The van der Waals surface area contributed by atoms with Gasteiger partial charge >= 0.3 is 0 Å². The molecule has 0 N–H and O–H groups in total. The van der Waals surface area contributed by atoms with Gasteiger partial charge in [-0.25, -0.2) is 13.8 Å². The average molecular weight is 431 g/mol. The molecule has 1 aromatic heterocycles. The second kappa shape index (κ2) is 10.6. The van der Waals surface area contributed by atoms with Crippen molar-refractivity contribution in [3.63, 3.8) is 0 Å². The largest absolute Gasteiger partial charge is 0.493 e. The van der Waals surface area contributed by atoms with Gasteiger partial charge in [-0.15, -0.1) is 0 Å². The Hall–Kier alpha value is -3.42. The molecule has 2 aromatic carbocycles. The first-order chi connectivity index (χ1) is 15.1. The zero-order valence-corrected chi connectivity index (χ0v) is 17.3. The van der Waals surface area contributed by atoms with Crippen LogP contribution in [0.2, 0.25) is 0 Å². The van der Waals surface area contributed by atoms with Crippen LogP contribution in [-0.4, -0.2) is 38.0 Å². The molecular weight excluding hydrogens is 408 g/mol. The Bertz CT molecular complexity index is 1020. The Morgan fingerprint density at radius 1 is 1.16 bits per heavy atom. The van der Waals surface area contributed by atoms with Crippen molar-refractivity contribution in [1.29, 1.82) is 0 Å². The van der Waals surface area contributed by atoms with Crippen LogP contribution >= 0.6 is 0 Å². The number of oxazole rings is 1. The molecule has 0 aliphatic heterocycles. The van der Waals surface area contributed by atoms with Crippen molar-refractivity contribution in [2.24, 2.45) is 0 Å². The summed E-state index contributed by atoms with van der Waals surface area (Å²) in [6, 6.07) is 10.5. The number of aryl methyl sites for hydroxylation is 1. The monoisotopic (exact) mass is 431 g/mol. The van der Waals surface area contributed by atoms with E-state index in [-0.39, 0.29) is 5.75 Å². The third-order valence-electron chi connectivity index (χ3n) is 4.47. The number of aromatic nitrogens is 1. The summed E-state index contributed by atoms with van der Waals surface area (Å²) in [5.74, 6) is 1.45. The van der Waals surface area contributed by atoms with E-state index >= 15 is 0 Å². The lowest BCUT2D eigenvalue weighted by Crippen LogP contribution is -2.07. The van der Waals surface area contributed by atoms with Crippen LogP contribution in [0.25, 0.3) is 22.7 Å². The first-order valence-electron chi connectivity index (χ1n) is 9.81. The molecular formula is C23H23F2NO5. The summed E-state index contributed by atoms with van der Waals surface area (Å²) in [5, 5.41) is 0. The van der Waals surface area contributed by atoms with Crippen molar-refractivity contribution in [2.75, 3.05) is 20.3 Å². The summed E-state index contributed by atoms with van der Waals surface area (Å²) in [4.78, 5) is 15.3. The van der Waals surface area contributed by atoms with Gasteiger partial charge in [-0.2, -0.15) is 0 Å². The Labute approximate surface area is 178 Å². The number of alkyl halides is 2. The van der Waals surface area contributed by atoms with Crippen molar-refractivity contribution < 1.29 is 32.2 Å². The molecule has 0 radical (unpaired) electrons. The maximum atomic E-state index is 12.6. The van der Waals surface area contributed by atoms with Gasteiger partial charge < -0.3 is 23.4 Å². The van der Waals surface area contributed by atoms with E-state index in [9.17, 15) is 13.6 Å². The molecule has 0 spiro atoms. The quantitative estimate of drug-likeness (QED) is 0.389. The highest BCUT2D eigenvalue weighted by Gasteiger charge is 2.17. The number of hydrogen-bond acceptors (Lipinski definition) is 6. The van der Waals surface area contributed by atoms with Crippen LogP contribution in [0, 0.1) is 0 Å². The van der Waals surface area contributed by atoms with E-state index in [0.29, 0.717) is 48.1 Å². The number of rotatable bonds is 11. The number of halogens is 2. The molecule has 3 rings (SSSR count). The highest BCUT2D eigenvalue weighted by atomic mass is 19.3. The minimum atomic E-state index is -2.61. The van der Waals surface area contributed by atoms with Crippen molar-refractivity contribution in [3.8, 4) is 40.0 Å². The zero-order chi connectivity index (χ0) is 22.2. The van der Waals surface area contributed by atoms with Crippen molar-refractivity contribution in [3.05, 3.63) is 48.2 Å². The van der Waals surface area contributed by atoms with Gasteiger partial charge in [0, 0.05) is 17.5 Å². The summed E-state index contributed by atoms with van der Waals surface area (Å²) in [6.45, 7) is 1.59. The number of carbonyl (C=O) groups excluding carboxylic acids is 1. The molecule has 0 fully saturated rings. The van der Waals surface area contributed by atoms with Gasteiger partial charge in [0.2, 0.25) is 5.89 Å². The van der Waals surface area contributed by atoms with Gasteiger partial charge in [0.1, 0.15) is 30.6 Å². The van der Waals surface area contributed by atoms with E-state index in [1.54, 1.807) is 18.2 Å². The Kier molecular flexibility index (Phi) is 7.59. The number of methoxy groups -OCH3 is 1. The summed E-state index contributed by atoms with van der Waals surface area (Å²) in [5.41, 5.74) is 2.75. The molecule has 0 aliphatic rings. The van der Waals surface area contributed by atoms with Crippen LogP contribution in [0.15, 0.2) is 47.1 Å². The highest BCUT2D eigenvalue weighted by Crippen LogP contribution is 2.37. The number of nitrogens with zero attached hydrogens (tertiary/aromatic N) is 1. The van der Waals surface area contributed by atoms with Gasteiger partial charge in [-0.3, -0.25) is 0 Å². The molecule has 0 bridgehead atoms. The molecule has 1 heterocycles. The highest BCUT2D eigenvalue weighted by molar-refractivity contribution is 5.71. The Balaban J connectivity index is 1.95. The average Bonchev–Trinajstić information content (AvgIpc) is 3.27. The number of hydrogen-bond donors (Lipinski definition) is 0. The third-order valence-corrected chi connectivity index (χ3v) is 4.47. The summed E-state index contributed by atoms with van der Waals surface area (Å²) in [6.07, 6.45) is 0.709.